The minimum Gasteiger partial charge on any atom is -0.481 e. The number of nitrogens with zero attached hydrogens (tertiary/aromatic N) is 4. The number of aromatic nitrogens is 5. The van der Waals surface area contributed by atoms with E-state index in [0.717, 1.165) is 11.8 Å². The van der Waals surface area contributed by atoms with Crippen LogP contribution in [0.2, 0.25) is 0 Å². The summed E-state index contributed by atoms with van der Waals surface area (Å²) in [6, 6.07) is 1.80. The van der Waals surface area contributed by atoms with E-state index in [1.54, 1.807) is 24.0 Å². The smallest absolute Gasteiger partial charge is 0.313 e. The van der Waals surface area contributed by atoms with Crippen LogP contribution in [0.1, 0.15) is 0 Å². The number of thioether (sulfide) groups is 1. The molecule has 0 radical (unpaired) electrons. The molecule has 0 aromatic carbocycles. The second kappa shape index (κ2) is 4.35. The number of nitrogens with one attached hydrogen (secondary N) is 1. The molecule has 84 valence electrons. The second-order valence-corrected chi connectivity index (χ2v) is 3.97. The van der Waals surface area contributed by atoms with Crippen LogP contribution >= 0.6 is 11.8 Å². The number of rotatable bonds is 4. The Kier molecular flexibility index (Phi) is 2.91. The average molecular weight is 239 g/mol. The van der Waals surface area contributed by atoms with E-state index in [4.69, 9.17) is 5.11 Å². The van der Waals surface area contributed by atoms with Crippen LogP contribution in [0.3, 0.4) is 0 Å². The molecule has 16 heavy (non-hydrogen) atoms. The van der Waals surface area contributed by atoms with E-state index in [9.17, 15) is 4.79 Å². The molecule has 2 heterocycles. The van der Waals surface area contributed by atoms with Crippen molar-refractivity contribution >= 4 is 17.7 Å². The summed E-state index contributed by atoms with van der Waals surface area (Å²) in [5.41, 5.74) is 0.678. The Morgan fingerprint density at radius 3 is 3.12 bits per heavy atom. The SMILES string of the molecule is Cn1ccc(-c2nc(SCC(=O)O)n[nH]2)n1. The molecule has 2 aromatic rings. The van der Waals surface area contributed by atoms with Crippen molar-refractivity contribution in [2.45, 2.75) is 5.16 Å². The molecule has 0 amide bonds. The Morgan fingerprint density at radius 2 is 2.50 bits per heavy atom. The molecule has 0 atom stereocenters. The molecule has 0 bridgehead atoms. The van der Waals surface area contributed by atoms with Gasteiger partial charge in [0.2, 0.25) is 5.16 Å². The fraction of sp³-hybridized carbons (Fsp3) is 0.250. The van der Waals surface area contributed by atoms with Gasteiger partial charge < -0.3 is 5.11 Å². The van der Waals surface area contributed by atoms with Crippen LogP contribution < -0.4 is 0 Å². The highest BCUT2D eigenvalue weighted by Crippen LogP contribution is 2.16. The number of aliphatic carboxylic acids is 1. The number of hydrogen-bond donors (Lipinski definition) is 2. The topological polar surface area (TPSA) is 96.7 Å². The van der Waals surface area contributed by atoms with Gasteiger partial charge in [-0.3, -0.25) is 14.6 Å². The van der Waals surface area contributed by atoms with Crippen LogP contribution in [0.5, 0.6) is 0 Å². The predicted molar refractivity (Wildman–Crippen MR) is 56.9 cm³/mol. The van der Waals surface area contributed by atoms with Crippen molar-refractivity contribution in [1.29, 1.82) is 0 Å². The fourth-order valence-corrected chi connectivity index (χ4v) is 1.61. The monoisotopic (exact) mass is 239 g/mol. The summed E-state index contributed by atoms with van der Waals surface area (Å²) in [5, 5.41) is 19.6. The molecule has 0 aliphatic rings. The third-order valence-corrected chi connectivity index (χ3v) is 2.58. The molecule has 0 unspecified atom stereocenters. The van der Waals surface area contributed by atoms with Crippen molar-refractivity contribution in [1.82, 2.24) is 25.0 Å². The number of aromatic amines is 1. The first-order chi connectivity index (χ1) is 7.65. The van der Waals surface area contributed by atoms with E-state index in [2.05, 4.69) is 20.3 Å². The molecule has 2 aromatic heterocycles. The van der Waals surface area contributed by atoms with Crippen molar-refractivity contribution in [3.63, 3.8) is 0 Å². The van der Waals surface area contributed by atoms with E-state index in [-0.39, 0.29) is 5.75 Å². The van der Waals surface area contributed by atoms with Gasteiger partial charge in [0.05, 0.1) is 5.75 Å². The molecule has 2 rings (SSSR count). The minimum atomic E-state index is -0.894. The van der Waals surface area contributed by atoms with Crippen LogP contribution in [0.4, 0.5) is 0 Å². The molecule has 0 saturated heterocycles. The van der Waals surface area contributed by atoms with Gasteiger partial charge in [-0.05, 0) is 6.07 Å². The molecule has 0 spiro atoms. The first kappa shape index (κ1) is 10.7. The molecule has 0 aliphatic heterocycles. The van der Waals surface area contributed by atoms with Crippen molar-refractivity contribution in [3.8, 4) is 11.5 Å². The maximum atomic E-state index is 10.4. The largest absolute Gasteiger partial charge is 0.481 e. The molecule has 8 heteroatoms. The zero-order valence-electron chi connectivity index (χ0n) is 8.41. The number of carboxylic acid groups (broad SMARTS) is 1. The first-order valence-corrected chi connectivity index (χ1v) is 5.41. The number of H-pyrrole nitrogens is 1. The van der Waals surface area contributed by atoms with Crippen LogP contribution in [-0.2, 0) is 11.8 Å². The van der Waals surface area contributed by atoms with Gasteiger partial charge in [0.25, 0.3) is 0 Å². The van der Waals surface area contributed by atoms with Gasteiger partial charge >= 0.3 is 5.97 Å². The first-order valence-electron chi connectivity index (χ1n) is 4.42. The highest BCUT2D eigenvalue weighted by atomic mass is 32.2. The van der Waals surface area contributed by atoms with Crippen molar-refractivity contribution in [2.24, 2.45) is 7.05 Å². The Morgan fingerprint density at radius 1 is 1.69 bits per heavy atom. The molecule has 2 N–H and O–H groups in total. The van der Waals surface area contributed by atoms with E-state index in [1.165, 1.54) is 0 Å². The predicted octanol–water partition coefficient (Wildman–Crippen LogP) is 0.382. The molecule has 0 aliphatic carbocycles. The third kappa shape index (κ3) is 2.40. The summed E-state index contributed by atoms with van der Waals surface area (Å²) in [4.78, 5) is 14.5. The van der Waals surface area contributed by atoms with Gasteiger partial charge in [0, 0.05) is 13.2 Å². The number of aryl methyl sites for hydroxylation is 1. The van der Waals surface area contributed by atoms with Crippen molar-refractivity contribution in [2.75, 3.05) is 5.75 Å². The van der Waals surface area contributed by atoms with Crippen LogP contribution in [0.15, 0.2) is 17.4 Å². The highest BCUT2D eigenvalue weighted by molar-refractivity contribution is 7.99. The summed E-state index contributed by atoms with van der Waals surface area (Å²) in [6.45, 7) is 0. The van der Waals surface area contributed by atoms with E-state index < -0.39 is 5.97 Å². The van der Waals surface area contributed by atoms with Crippen LogP contribution in [-0.4, -0.2) is 41.8 Å². The van der Waals surface area contributed by atoms with Gasteiger partial charge in [-0.1, -0.05) is 11.8 Å². The van der Waals surface area contributed by atoms with Crippen molar-refractivity contribution < 1.29 is 9.90 Å². The average Bonchev–Trinajstić information content (AvgIpc) is 2.83. The Bertz CT molecular complexity index is 506. The molecular formula is C8H9N5O2S. The Labute approximate surface area is 94.9 Å². The zero-order chi connectivity index (χ0) is 11.5. The summed E-state index contributed by atoms with van der Waals surface area (Å²) in [7, 11) is 1.81. The maximum absolute atomic E-state index is 10.4. The minimum absolute atomic E-state index is 0.0560. The maximum Gasteiger partial charge on any atom is 0.313 e. The van der Waals surface area contributed by atoms with Gasteiger partial charge in [-0.15, -0.1) is 5.10 Å². The van der Waals surface area contributed by atoms with Gasteiger partial charge in [0.1, 0.15) is 5.69 Å². The number of carboxylic acids is 1. The fourth-order valence-electron chi connectivity index (χ4n) is 1.09. The molecule has 0 fully saturated rings. The molecular weight excluding hydrogens is 230 g/mol. The van der Waals surface area contributed by atoms with Crippen LogP contribution in [0, 0.1) is 0 Å². The lowest BCUT2D eigenvalue weighted by atomic mass is 10.4. The Hall–Kier alpha value is -1.83. The number of hydrogen-bond acceptors (Lipinski definition) is 5. The van der Waals surface area contributed by atoms with Gasteiger partial charge in [-0.25, -0.2) is 0 Å². The zero-order valence-corrected chi connectivity index (χ0v) is 9.23. The summed E-state index contributed by atoms with van der Waals surface area (Å²) in [6.07, 6.45) is 1.79. The molecule has 7 nitrogen and oxygen atoms in total. The third-order valence-electron chi connectivity index (χ3n) is 1.75. The van der Waals surface area contributed by atoms with E-state index in [1.807, 2.05) is 0 Å². The summed E-state index contributed by atoms with van der Waals surface area (Å²) >= 11 is 1.06. The summed E-state index contributed by atoms with van der Waals surface area (Å²) in [5.74, 6) is -0.415. The number of carbonyl (C=O) groups is 1. The van der Waals surface area contributed by atoms with E-state index >= 15 is 0 Å². The van der Waals surface area contributed by atoms with Gasteiger partial charge in [-0.2, -0.15) is 10.1 Å². The lowest BCUT2D eigenvalue weighted by molar-refractivity contribution is -0.133. The quantitative estimate of drug-likeness (QED) is 0.749. The molecule has 0 saturated carbocycles. The highest BCUT2D eigenvalue weighted by Gasteiger charge is 2.09. The van der Waals surface area contributed by atoms with E-state index in [0.29, 0.717) is 16.7 Å². The lowest BCUT2D eigenvalue weighted by Crippen LogP contribution is -1.97. The van der Waals surface area contributed by atoms with Gasteiger partial charge in [0.15, 0.2) is 5.82 Å². The van der Waals surface area contributed by atoms with Crippen molar-refractivity contribution in [3.05, 3.63) is 12.3 Å². The second-order valence-electron chi connectivity index (χ2n) is 3.02. The lowest BCUT2D eigenvalue weighted by Gasteiger charge is -1.88. The summed E-state index contributed by atoms with van der Waals surface area (Å²) < 4.78 is 1.65. The van der Waals surface area contributed by atoms with Crippen LogP contribution in [0.25, 0.3) is 11.5 Å². The normalized spacial score (nSPS) is 10.6. The Balaban J connectivity index is 2.10. The standard InChI is InChI=1S/C8H9N5O2S/c1-13-3-2-5(12-13)7-9-8(11-10-7)16-4-6(14)15/h2-3H,4H2,1H3,(H,14,15)(H,9,10,11).